The van der Waals surface area contributed by atoms with Crippen molar-refractivity contribution in [3.8, 4) is 34.1 Å². The molecule has 2 aliphatic rings. The number of unbranched alkanes of at least 4 members (excludes halogenated alkanes) is 2. The number of anilines is 1. The van der Waals surface area contributed by atoms with Gasteiger partial charge in [0, 0.05) is 95.1 Å². The summed E-state index contributed by atoms with van der Waals surface area (Å²) in [5.41, 5.74) is 3.86. The third-order valence-corrected chi connectivity index (χ3v) is 20.3. The third-order valence-electron chi connectivity index (χ3n) is 15.7. The van der Waals surface area contributed by atoms with Crippen molar-refractivity contribution in [3.05, 3.63) is 217 Å². The molecule has 0 saturated carbocycles. The molecule has 0 radical (unpaired) electrons. The molecular weight excluding hydrogens is 1130 g/mol. The largest absolute Gasteiger partial charge is 0.494 e. The van der Waals surface area contributed by atoms with E-state index in [1.54, 1.807) is 39.7 Å². The van der Waals surface area contributed by atoms with Gasteiger partial charge in [-0.1, -0.05) is 91.0 Å². The van der Waals surface area contributed by atoms with E-state index in [0.717, 1.165) is 53.5 Å². The van der Waals surface area contributed by atoms with Gasteiger partial charge >= 0.3 is 0 Å². The van der Waals surface area contributed by atoms with E-state index < -0.39 is 23.9 Å². The Labute approximate surface area is 513 Å². The summed E-state index contributed by atoms with van der Waals surface area (Å²) in [7, 11) is 2.78. The van der Waals surface area contributed by atoms with Gasteiger partial charge < -0.3 is 38.8 Å². The van der Waals surface area contributed by atoms with Gasteiger partial charge in [-0.25, -0.2) is 0 Å². The lowest BCUT2D eigenvalue weighted by Crippen LogP contribution is -2.37. The number of benzene rings is 6. The van der Waals surface area contributed by atoms with Crippen LogP contribution in [0.15, 0.2) is 183 Å². The number of hydrogen-bond donors (Lipinski definition) is 2. The summed E-state index contributed by atoms with van der Waals surface area (Å²) in [5, 5.41) is 21.0. The molecule has 8 aromatic rings. The molecule has 0 unspecified atom stereocenters. The quantitative estimate of drug-likeness (QED) is 0.0225. The van der Waals surface area contributed by atoms with Crippen LogP contribution in [0.5, 0.6) is 11.6 Å². The van der Waals surface area contributed by atoms with Gasteiger partial charge in [0.15, 0.2) is 0 Å². The van der Waals surface area contributed by atoms with Crippen molar-refractivity contribution in [3.63, 3.8) is 0 Å². The number of ether oxygens (including phenoxy) is 6. The molecule has 5 aromatic carbocycles. The molecule has 0 spiro atoms. The normalized spacial score (nSPS) is 12.1. The van der Waals surface area contributed by atoms with Gasteiger partial charge in [-0.05, 0) is 122 Å². The summed E-state index contributed by atoms with van der Waals surface area (Å²) in [6, 6.07) is 51.5. The van der Waals surface area contributed by atoms with Crippen LogP contribution in [0.25, 0.3) is 56.2 Å². The maximum atomic E-state index is 14.9. The molecule has 0 amide bonds. The average molecular weight is 1200 g/mol. The second-order valence-corrected chi connectivity index (χ2v) is 25.1. The minimum Gasteiger partial charge on any atom is -0.494 e. The van der Waals surface area contributed by atoms with Crippen molar-refractivity contribution in [2.24, 2.45) is 4.99 Å². The zero-order valence-corrected chi connectivity index (χ0v) is 51.2. The summed E-state index contributed by atoms with van der Waals surface area (Å²) in [4.78, 5) is 58.8. The van der Waals surface area contributed by atoms with E-state index in [4.69, 9.17) is 33.4 Å². The first-order chi connectivity index (χ1) is 43.2. The molecule has 4 heterocycles. The maximum absolute atomic E-state index is 14.9. The number of nitrogens with zero attached hydrogens (tertiary/aromatic N) is 5. The van der Waals surface area contributed by atoms with Gasteiger partial charge in [0.1, 0.15) is 35.5 Å². The number of methoxy groups -OCH3 is 3. The second-order valence-electron chi connectivity index (χ2n) is 21.5. The SMILES string of the molecule is COCCCn1c(O)c2cc(NCCOc3ccc(/C=C/c4ccc(-c5ccc(COCCOCCOC)cn5)nc4)cc3)c3c4c2c(c(=NCCCCC[P+](c2ccccc2)(c2ccccc2)c2ccccc2)cc-4c(=O)n(CCCOC)c3=O)c1=O. The molecular formula is C71H76N6O10P+. The molecule has 10 rings (SSSR count). The molecule has 0 atom stereocenters. The molecule has 0 fully saturated rings. The topological polar surface area (TPSA) is 187 Å². The van der Waals surface area contributed by atoms with Crippen LogP contribution in [0, 0.1) is 0 Å². The van der Waals surface area contributed by atoms with Crippen LogP contribution in [-0.4, -0.2) is 111 Å². The fourth-order valence-corrected chi connectivity index (χ4v) is 15.8. The molecule has 1 aliphatic carbocycles. The highest BCUT2D eigenvalue weighted by Crippen LogP contribution is 2.56. The number of pyridine rings is 4. The summed E-state index contributed by atoms with van der Waals surface area (Å²) in [6.45, 7) is 4.37. The van der Waals surface area contributed by atoms with Crippen molar-refractivity contribution in [2.45, 2.75) is 51.8 Å². The van der Waals surface area contributed by atoms with Gasteiger partial charge in [-0.3, -0.25) is 38.5 Å². The molecule has 2 N–H and O–H groups in total. The fraction of sp³-hybridized carbons (Fsp3) is 0.296. The smallest absolute Gasteiger partial charge is 0.263 e. The zero-order valence-electron chi connectivity index (χ0n) is 50.3. The molecule has 88 heavy (non-hydrogen) atoms. The Morgan fingerprint density at radius 1 is 0.557 bits per heavy atom. The summed E-state index contributed by atoms with van der Waals surface area (Å²) in [5.74, 6) is 0.371. The Kier molecular flexibility index (Phi) is 22.0. The van der Waals surface area contributed by atoms with Gasteiger partial charge in [0.2, 0.25) is 5.88 Å². The molecule has 17 heteroatoms. The molecule has 0 bridgehead atoms. The number of nitrogens with one attached hydrogen (secondary N) is 1. The minimum atomic E-state index is -2.04. The molecule has 3 aromatic heterocycles. The van der Waals surface area contributed by atoms with Gasteiger partial charge in [-0.15, -0.1) is 0 Å². The summed E-state index contributed by atoms with van der Waals surface area (Å²) in [6.07, 6.45) is 12.0. The maximum Gasteiger partial charge on any atom is 0.263 e. The van der Waals surface area contributed by atoms with Gasteiger partial charge in [0.25, 0.3) is 16.7 Å². The van der Waals surface area contributed by atoms with Crippen molar-refractivity contribution < 1.29 is 33.5 Å². The lowest BCUT2D eigenvalue weighted by Gasteiger charge is -2.27. The first-order valence-corrected chi connectivity index (χ1v) is 32.0. The van der Waals surface area contributed by atoms with Crippen molar-refractivity contribution in [1.82, 2.24) is 19.1 Å². The zero-order chi connectivity index (χ0) is 61.1. The number of aromatic hydroxyl groups is 1. The summed E-state index contributed by atoms with van der Waals surface area (Å²) >= 11 is 0. The highest BCUT2D eigenvalue weighted by atomic mass is 31.2. The van der Waals surface area contributed by atoms with E-state index in [1.165, 1.54) is 25.0 Å². The van der Waals surface area contributed by atoms with E-state index in [-0.39, 0.29) is 48.5 Å². The van der Waals surface area contributed by atoms with E-state index in [0.29, 0.717) is 98.8 Å². The number of hydrogen-bond acceptors (Lipinski definition) is 14. The highest BCUT2D eigenvalue weighted by molar-refractivity contribution is 7.95. The summed E-state index contributed by atoms with van der Waals surface area (Å²) < 4.78 is 35.6. The predicted octanol–water partition coefficient (Wildman–Crippen LogP) is 9.80. The fourth-order valence-electron chi connectivity index (χ4n) is 11.4. The molecule has 1 aliphatic heterocycles. The van der Waals surface area contributed by atoms with E-state index in [1.807, 2.05) is 66.9 Å². The molecule has 16 nitrogen and oxygen atoms in total. The van der Waals surface area contributed by atoms with Crippen LogP contribution in [0.2, 0.25) is 0 Å². The third kappa shape index (κ3) is 14.6. The lowest BCUT2D eigenvalue weighted by molar-refractivity contribution is 0.0199. The Balaban J connectivity index is 0.862. The van der Waals surface area contributed by atoms with Crippen LogP contribution in [0.3, 0.4) is 0 Å². The van der Waals surface area contributed by atoms with Crippen LogP contribution in [-0.2, 0) is 43.4 Å². The second kappa shape index (κ2) is 30.9. The van der Waals surface area contributed by atoms with Crippen molar-refractivity contribution in [1.29, 1.82) is 0 Å². The Morgan fingerprint density at radius 3 is 1.77 bits per heavy atom. The van der Waals surface area contributed by atoms with Crippen LogP contribution in [0.1, 0.15) is 48.8 Å². The first-order valence-electron chi connectivity index (χ1n) is 30.1. The monoisotopic (exact) mass is 1200 g/mol. The standard InChI is InChI=1S/C71H75N6O10P/c1-82-38-16-36-76-69(79)59-47-63(73-35-40-87-54-30-26-51(27-31-54)24-25-52-28-32-60(74-48-52)61-33-29-53(49-75-61)50-86-44-43-85-42-41-84-3)67-65-58(68(78)77(71(67)81)37-17-39-83-2)46-62(66(64(59)65)70(76)80)72-34-14-7-15-45-88(55-18-8-4-9-19-55,56-20-10-5-11-21-56)57-22-12-6-13-23-57/h4-6,8-13,18-33,46-49H,7,14-17,34-45,50H2,1-3H3,(H-,72,73,74,75,78,79,80,81)/p+1/b25-24+. The average Bonchev–Trinajstić information content (AvgIpc) is 0.771. The van der Waals surface area contributed by atoms with E-state index >= 15 is 0 Å². The predicted molar refractivity (Wildman–Crippen MR) is 353 cm³/mol. The highest BCUT2D eigenvalue weighted by Gasteiger charge is 2.44. The number of rotatable bonds is 33. The van der Waals surface area contributed by atoms with Gasteiger partial charge in [0.05, 0.1) is 72.3 Å². The number of aromatic nitrogens is 4. The minimum absolute atomic E-state index is 0.111. The van der Waals surface area contributed by atoms with E-state index in [9.17, 15) is 19.5 Å². The lowest BCUT2D eigenvalue weighted by atomic mass is 9.89. The van der Waals surface area contributed by atoms with Crippen molar-refractivity contribution >= 4 is 62.6 Å². The molecule has 0 saturated heterocycles. The first kappa shape index (κ1) is 62.6. The molecule has 454 valence electrons. The Morgan fingerprint density at radius 2 is 1.15 bits per heavy atom. The van der Waals surface area contributed by atoms with Crippen molar-refractivity contribution in [2.75, 3.05) is 92.1 Å². The van der Waals surface area contributed by atoms with Crippen LogP contribution >= 0.6 is 7.26 Å². The van der Waals surface area contributed by atoms with E-state index in [2.05, 4.69) is 106 Å². The van der Waals surface area contributed by atoms with Gasteiger partial charge in [-0.2, -0.15) is 0 Å². The Bertz CT molecular complexity index is 3980. The van der Waals surface area contributed by atoms with Crippen LogP contribution in [0.4, 0.5) is 5.69 Å². The van der Waals surface area contributed by atoms with Crippen LogP contribution < -0.4 is 48.0 Å². The Hall–Kier alpha value is -8.47.